The number of nitrogens with zero attached hydrogens (tertiary/aromatic N) is 3. The van der Waals surface area contributed by atoms with Gasteiger partial charge in [0.15, 0.2) is 5.65 Å². The van der Waals surface area contributed by atoms with E-state index in [9.17, 15) is 0 Å². The lowest BCUT2D eigenvalue weighted by molar-refractivity contribution is 0.961. The van der Waals surface area contributed by atoms with Crippen LogP contribution in [0.2, 0.25) is 0 Å². The van der Waals surface area contributed by atoms with E-state index in [1.54, 1.807) is 4.52 Å². The Morgan fingerprint density at radius 2 is 2.45 bits per heavy atom. The van der Waals surface area contributed by atoms with Gasteiger partial charge >= 0.3 is 0 Å². The number of aromatic nitrogens is 3. The van der Waals surface area contributed by atoms with Gasteiger partial charge in [0.25, 0.3) is 0 Å². The molecule has 0 saturated carbocycles. The molecule has 0 unspecified atom stereocenters. The molecule has 2 heterocycles. The van der Waals surface area contributed by atoms with Crippen LogP contribution in [0.3, 0.4) is 0 Å². The predicted octanol–water partition coefficient (Wildman–Crippen LogP) is 0.771. The van der Waals surface area contributed by atoms with Crippen molar-refractivity contribution in [1.82, 2.24) is 14.6 Å². The number of pyridine rings is 1. The molecule has 0 aliphatic heterocycles. The second kappa shape index (κ2) is 2.23. The van der Waals surface area contributed by atoms with E-state index in [-0.39, 0.29) is 0 Å². The number of nitrogens with one attached hydrogen (secondary N) is 1. The van der Waals surface area contributed by atoms with Gasteiger partial charge in [-0.3, -0.25) is 0 Å². The van der Waals surface area contributed by atoms with E-state index in [0.29, 0.717) is 0 Å². The first-order valence-electron chi connectivity index (χ1n) is 3.37. The minimum Gasteiger partial charge on any atom is -0.388 e. The molecule has 11 heavy (non-hydrogen) atoms. The van der Waals surface area contributed by atoms with Crippen molar-refractivity contribution in [3.63, 3.8) is 0 Å². The van der Waals surface area contributed by atoms with Gasteiger partial charge in [-0.1, -0.05) is 0 Å². The highest BCUT2D eigenvalue weighted by Crippen LogP contribution is 2.07. The summed E-state index contributed by atoms with van der Waals surface area (Å²) in [6.07, 6.45) is 3.41. The molecule has 0 aliphatic carbocycles. The topological polar surface area (TPSA) is 42.2 Å². The SMILES string of the molecule is CNc1ccn2ncnc2c1. The van der Waals surface area contributed by atoms with Gasteiger partial charge in [0, 0.05) is 25.0 Å². The van der Waals surface area contributed by atoms with Crippen LogP contribution in [0.1, 0.15) is 0 Å². The average molecular weight is 148 g/mol. The number of rotatable bonds is 1. The summed E-state index contributed by atoms with van der Waals surface area (Å²) in [6.45, 7) is 0. The monoisotopic (exact) mass is 148 g/mol. The van der Waals surface area contributed by atoms with Crippen LogP contribution < -0.4 is 5.32 Å². The first-order valence-corrected chi connectivity index (χ1v) is 3.37. The lowest BCUT2D eigenvalue weighted by atomic mass is 10.4. The Labute approximate surface area is 63.9 Å². The van der Waals surface area contributed by atoms with Crippen LogP contribution in [-0.2, 0) is 0 Å². The van der Waals surface area contributed by atoms with E-state index >= 15 is 0 Å². The van der Waals surface area contributed by atoms with Crippen LogP contribution >= 0.6 is 0 Å². The molecule has 4 heteroatoms. The van der Waals surface area contributed by atoms with Crippen LogP contribution in [0.4, 0.5) is 5.69 Å². The van der Waals surface area contributed by atoms with E-state index in [4.69, 9.17) is 0 Å². The molecule has 0 fully saturated rings. The highest BCUT2D eigenvalue weighted by Gasteiger charge is 1.93. The van der Waals surface area contributed by atoms with Crippen molar-refractivity contribution in [2.45, 2.75) is 0 Å². The van der Waals surface area contributed by atoms with E-state index in [2.05, 4.69) is 15.4 Å². The Morgan fingerprint density at radius 1 is 1.55 bits per heavy atom. The molecule has 0 atom stereocenters. The maximum atomic E-state index is 4.04. The molecule has 2 aromatic rings. The van der Waals surface area contributed by atoms with Crippen LogP contribution in [0.5, 0.6) is 0 Å². The highest BCUT2D eigenvalue weighted by atomic mass is 15.3. The van der Waals surface area contributed by atoms with Crippen LogP contribution in [0, 0.1) is 0 Å². The van der Waals surface area contributed by atoms with Gasteiger partial charge in [-0.15, -0.1) is 0 Å². The molecule has 4 nitrogen and oxygen atoms in total. The molecule has 0 amide bonds. The summed E-state index contributed by atoms with van der Waals surface area (Å²) in [5.74, 6) is 0. The summed E-state index contributed by atoms with van der Waals surface area (Å²) in [5, 5.41) is 7.00. The Balaban J connectivity index is 2.67. The van der Waals surface area contributed by atoms with E-state index in [1.807, 2.05) is 25.4 Å². The first kappa shape index (κ1) is 6.15. The number of anilines is 1. The third kappa shape index (κ3) is 0.920. The Kier molecular flexibility index (Phi) is 1.25. The van der Waals surface area contributed by atoms with Crippen molar-refractivity contribution in [3.05, 3.63) is 24.7 Å². The maximum absolute atomic E-state index is 4.04. The summed E-state index contributed by atoms with van der Waals surface area (Å²) in [7, 11) is 1.88. The second-order valence-electron chi connectivity index (χ2n) is 2.23. The normalized spacial score (nSPS) is 10.3. The van der Waals surface area contributed by atoms with Gasteiger partial charge in [-0.2, -0.15) is 5.10 Å². The Bertz CT molecular complexity index is 365. The quantitative estimate of drug-likeness (QED) is 0.649. The largest absolute Gasteiger partial charge is 0.388 e. The average Bonchev–Trinajstić information content (AvgIpc) is 2.50. The van der Waals surface area contributed by atoms with Gasteiger partial charge in [0.2, 0.25) is 0 Å². The molecule has 0 aromatic carbocycles. The fourth-order valence-electron chi connectivity index (χ4n) is 0.971. The molecule has 0 spiro atoms. The van der Waals surface area contributed by atoms with Crippen molar-refractivity contribution in [1.29, 1.82) is 0 Å². The van der Waals surface area contributed by atoms with Crippen molar-refractivity contribution < 1.29 is 0 Å². The number of hydrogen-bond acceptors (Lipinski definition) is 3. The van der Waals surface area contributed by atoms with Crippen LogP contribution in [0.25, 0.3) is 5.65 Å². The summed E-state index contributed by atoms with van der Waals surface area (Å²) < 4.78 is 1.72. The van der Waals surface area contributed by atoms with E-state index in [1.165, 1.54) is 6.33 Å². The molecule has 0 bridgehead atoms. The van der Waals surface area contributed by atoms with Gasteiger partial charge in [0.1, 0.15) is 6.33 Å². The molecular formula is C7H8N4. The molecule has 56 valence electrons. The van der Waals surface area contributed by atoms with Crippen molar-refractivity contribution >= 4 is 11.3 Å². The highest BCUT2D eigenvalue weighted by molar-refractivity contribution is 5.52. The molecular weight excluding hydrogens is 140 g/mol. The summed E-state index contributed by atoms with van der Waals surface area (Å²) in [5.41, 5.74) is 1.90. The minimum atomic E-state index is 0.858. The zero-order valence-corrected chi connectivity index (χ0v) is 6.15. The zero-order valence-electron chi connectivity index (χ0n) is 6.15. The zero-order chi connectivity index (χ0) is 7.68. The third-order valence-electron chi connectivity index (χ3n) is 1.57. The number of fused-ring (bicyclic) bond motifs is 1. The van der Waals surface area contributed by atoms with E-state index in [0.717, 1.165) is 11.3 Å². The summed E-state index contributed by atoms with van der Waals surface area (Å²) >= 11 is 0. The minimum absolute atomic E-state index is 0.858. The van der Waals surface area contributed by atoms with Gasteiger partial charge in [0.05, 0.1) is 0 Å². The van der Waals surface area contributed by atoms with Crippen LogP contribution in [-0.4, -0.2) is 21.6 Å². The van der Waals surface area contributed by atoms with Crippen molar-refractivity contribution in [2.75, 3.05) is 12.4 Å². The predicted molar refractivity (Wildman–Crippen MR) is 42.5 cm³/mol. The molecule has 2 rings (SSSR count). The fraction of sp³-hybridized carbons (Fsp3) is 0.143. The lowest BCUT2D eigenvalue weighted by Gasteiger charge is -1.97. The summed E-state index contributed by atoms with van der Waals surface area (Å²) in [6, 6.07) is 3.88. The lowest BCUT2D eigenvalue weighted by Crippen LogP contribution is -1.91. The van der Waals surface area contributed by atoms with Gasteiger partial charge < -0.3 is 5.32 Å². The van der Waals surface area contributed by atoms with Crippen molar-refractivity contribution in [2.24, 2.45) is 0 Å². The first-order chi connectivity index (χ1) is 5.40. The molecule has 0 saturated heterocycles. The second-order valence-corrected chi connectivity index (χ2v) is 2.23. The smallest absolute Gasteiger partial charge is 0.157 e. The molecule has 2 aromatic heterocycles. The van der Waals surface area contributed by atoms with Crippen LogP contribution in [0.15, 0.2) is 24.7 Å². The fourth-order valence-corrected chi connectivity index (χ4v) is 0.971. The number of hydrogen-bond donors (Lipinski definition) is 1. The third-order valence-corrected chi connectivity index (χ3v) is 1.57. The standard InChI is InChI=1S/C7H8N4/c1-8-6-2-3-11-7(4-6)9-5-10-11/h2-5,8H,1H3. The molecule has 0 aliphatic rings. The van der Waals surface area contributed by atoms with Gasteiger partial charge in [-0.05, 0) is 6.07 Å². The maximum Gasteiger partial charge on any atom is 0.157 e. The van der Waals surface area contributed by atoms with Crippen molar-refractivity contribution in [3.8, 4) is 0 Å². The molecule has 1 N–H and O–H groups in total. The Morgan fingerprint density at radius 3 is 3.27 bits per heavy atom. The molecule has 0 radical (unpaired) electrons. The van der Waals surface area contributed by atoms with E-state index < -0.39 is 0 Å². The Hall–Kier alpha value is -1.58. The van der Waals surface area contributed by atoms with Gasteiger partial charge in [-0.25, -0.2) is 9.50 Å². The summed E-state index contributed by atoms with van der Waals surface area (Å²) in [4.78, 5) is 4.04.